The Kier molecular flexibility index (Phi) is 9.66. The second-order valence-electron chi connectivity index (χ2n) is 11.5. The van der Waals surface area contributed by atoms with Crippen LogP contribution in [0.2, 0.25) is 0 Å². The topological polar surface area (TPSA) is 138 Å². The number of nitrogens with zero attached hydrogens (tertiary/aromatic N) is 6. The summed E-state index contributed by atoms with van der Waals surface area (Å²) >= 11 is 0. The maximum absolute atomic E-state index is 13.5. The van der Waals surface area contributed by atoms with E-state index in [1.165, 1.54) is 14.2 Å². The Bertz CT molecular complexity index is 974. The number of ether oxygens (including phenoxy) is 2. The molecular formula is C25H38CuN6O5. The van der Waals surface area contributed by atoms with Gasteiger partial charge in [-0.25, -0.2) is 0 Å². The van der Waals surface area contributed by atoms with Crippen molar-refractivity contribution in [2.75, 3.05) is 40.4 Å². The van der Waals surface area contributed by atoms with Crippen LogP contribution in [0, 0.1) is 4.91 Å². The molecule has 0 saturated carbocycles. The third-order valence-corrected chi connectivity index (χ3v) is 6.68. The van der Waals surface area contributed by atoms with Crippen LogP contribution in [-0.4, -0.2) is 89.3 Å². The van der Waals surface area contributed by atoms with Gasteiger partial charge in [-0.2, -0.15) is 0 Å². The zero-order chi connectivity index (χ0) is 26.9. The van der Waals surface area contributed by atoms with Crippen molar-refractivity contribution >= 4 is 17.5 Å². The summed E-state index contributed by atoms with van der Waals surface area (Å²) in [5.74, 6) is -0.738. The first kappa shape index (κ1) is 31.3. The smallest absolute Gasteiger partial charge is 0.860 e. The van der Waals surface area contributed by atoms with Gasteiger partial charge in [0.05, 0.1) is 22.5 Å². The minimum Gasteiger partial charge on any atom is -0.860 e. The van der Waals surface area contributed by atoms with Gasteiger partial charge in [-0.05, 0) is 70.6 Å². The maximum atomic E-state index is 13.5. The van der Waals surface area contributed by atoms with Crippen LogP contribution < -0.4 is 10.2 Å². The first-order valence-electron chi connectivity index (χ1n) is 12.1. The fourth-order valence-corrected chi connectivity index (χ4v) is 4.88. The van der Waals surface area contributed by atoms with E-state index in [4.69, 9.17) is 14.5 Å². The number of fused-ring (bicyclic) bond motifs is 2. The van der Waals surface area contributed by atoms with Crippen molar-refractivity contribution < 1.29 is 36.8 Å². The standard InChI is InChI=1S/C25H40N6O5.Cu/c1-22(2)13-30-11-18-9-17(29-34)10-19(26-18)12-31(16-24(5,35-7)20(32)27-22)14-23(3,4)28-21(33)25(6,15-30)36-8;/h9-10H,11-16H2,1-8H3,(H,27,32)(H,28,33);/q;+2/p-2/t24-,25+;. The number of rotatable bonds is 3. The molecule has 0 fully saturated rings. The molecule has 1 aromatic rings. The average molecular weight is 566 g/mol. The number of aliphatic imine (C=N–C) groups is 2. The molecule has 0 aromatic carbocycles. The quantitative estimate of drug-likeness (QED) is 0.391. The van der Waals surface area contributed by atoms with Crippen molar-refractivity contribution in [2.45, 2.75) is 76.9 Å². The molecule has 2 aliphatic rings. The van der Waals surface area contributed by atoms with Crippen LogP contribution in [0.3, 0.4) is 0 Å². The number of methoxy groups -OCH3 is 2. The molecule has 0 amide bonds. The second-order valence-corrected chi connectivity index (χ2v) is 11.5. The summed E-state index contributed by atoms with van der Waals surface area (Å²) < 4.78 is 11.5. The summed E-state index contributed by atoms with van der Waals surface area (Å²) in [6, 6.07) is 3.28. The van der Waals surface area contributed by atoms with Crippen molar-refractivity contribution in [2.24, 2.45) is 15.2 Å². The van der Waals surface area contributed by atoms with Gasteiger partial charge in [0.25, 0.3) is 0 Å². The minimum absolute atomic E-state index is 0. The summed E-state index contributed by atoms with van der Waals surface area (Å²) in [6.07, 6.45) is 0. The van der Waals surface area contributed by atoms with Gasteiger partial charge in [0, 0.05) is 53.5 Å². The number of pyridine rings is 1. The molecule has 0 aliphatic carbocycles. The zero-order valence-electron chi connectivity index (χ0n) is 22.9. The van der Waals surface area contributed by atoms with E-state index in [2.05, 4.69) is 15.2 Å². The van der Waals surface area contributed by atoms with Crippen molar-refractivity contribution in [1.29, 1.82) is 0 Å². The van der Waals surface area contributed by atoms with Gasteiger partial charge in [0.15, 0.2) is 0 Å². The maximum Gasteiger partial charge on any atom is 2.00 e. The van der Waals surface area contributed by atoms with Crippen LogP contribution in [0.5, 0.6) is 0 Å². The fourth-order valence-electron chi connectivity index (χ4n) is 4.88. The summed E-state index contributed by atoms with van der Waals surface area (Å²) in [7, 11) is 2.98. The number of hydrogen-bond acceptors (Lipinski definition) is 11. The van der Waals surface area contributed by atoms with Crippen LogP contribution in [-0.2, 0) is 39.6 Å². The SMILES string of the molecule is CO[C@]1(C)CN2Cc3cc(N=O)cc(n3)CN(CC(C)(C)N=C1[O-])C[C@](C)(OC)C([O-])=NC(C)(C)C2.[Cu+2]. The molecule has 11 nitrogen and oxygen atoms in total. The van der Waals surface area contributed by atoms with E-state index in [0.29, 0.717) is 37.6 Å². The van der Waals surface area contributed by atoms with Crippen LogP contribution in [0.25, 0.3) is 0 Å². The first-order chi connectivity index (χ1) is 16.6. The fraction of sp³-hybridized carbons (Fsp3) is 0.720. The average Bonchev–Trinajstić information content (AvgIpc) is 2.76. The van der Waals surface area contributed by atoms with Gasteiger partial charge in [-0.3, -0.25) is 24.8 Å². The predicted octanol–water partition coefficient (Wildman–Crippen LogP) is 0.993. The first-order valence-corrected chi connectivity index (χ1v) is 12.1. The summed E-state index contributed by atoms with van der Waals surface area (Å²) in [4.78, 5) is 29.4. The molecule has 0 saturated heterocycles. The molecule has 4 atom stereocenters. The largest absolute Gasteiger partial charge is 2.00 e. The Morgan fingerprint density at radius 1 is 0.784 bits per heavy atom. The van der Waals surface area contributed by atoms with Crippen LogP contribution in [0.1, 0.15) is 52.9 Å². The Hall–Kier alpha value is -1.95. The van der Waals surface area contributed by atoms with Crippen LogP contribution in [0.4, 0.5) is 5.69 Å². The van der Waals surface area contributed by atoms with E-state index < -0.39 is 22.3 Å². The van der Waals surface area contributed by atoms with Gasteiger partial charge >= 0.3 is 17.1 Å². The molecule has 37 heavy (non-hydrogen) atoms. The van der Waals surface area contributed by atoms with Crippen molar-refractivity contribution in [3.05, 3.63) is 28.4 Å². The normalized spacial score (nSPS) is 31.9. The van der Waals surface area contributed by atoms with Crippen molar-refractivity contribution in [3.8, 4) is 0 Å². The monoisotopic (exact) mass is 565 g/mol. The molecule has 4 bridgehead atoms. The van der Waals surface area contributed by atoms with Crippen LogP contribution >= 0.6 is 0 Å². The number of hydrogen-bond donors (Lipinski definition) is 0. The molecule has 3 rings (SSSR count). The molecule has 1 aromatic heterocycles. The van der Waals surface area contributed by atoms with E-state index in [0.717, 1.165) is 0 Å². The summed E-state index contributed by atoms with van der Waals surface area (Å²) in [6.45, 7) is 12.4. The molecule has 2 aliphatic heterocycles. The van der Waals surface area contributed by atoms with Crippen molar-refractivity contribution in [1.82, 2.24) is 14.8 Å². The number of aromatic nitrogens is 1. The Morgan fingerprint density at radius 2 is 1.16 bits per heavy atom. The molecule has 1 radical (unpaired) electrons. The molecule has 12 heteroatoms. The van der Waals surface area contributed by atoms with Gasteiger partial charge in [0.1, 0.15) is 16.9 Å². The molecule has 2 unspecified atom stereocenters. The zero-order valence-corrected chi connectivity index (χ0v) is 23.9. The van der Waals surface area contributed by atoms with Crippen LogP contribution in [0.15, 0.2) is 27.3 Å². The summed E-state index contributed by atoms with van der Waals surface area (Å²) in [5, 5.41) is 30.1. The molecular weight excluding hydrogens is 528 g/mol. The Morgan fingerprint density at radius 3 is 1.49 bits per heavy atom. The second kappa shape index (κ2) is 11.4. The molecule has 0 spiro atoms. The van der Waals surface area contributed by atoms with Crippen molar-refractivity contribution in [3.63, 3.8) is 0 Å². The third-order valence-electron chi connectivity index (χ3n) is 6.68. The predicted molar refractivity (Wildman–Crippen MR) is 134 cm³/mol. The van der Waals surface area contributed by atoms with E-state index in [1.54, 1.807) is 26.0 Å². The minimum atomic E-state index is -1.25. The third kappa shape index (κ3) is 7.55. The van der Waals surface area contributed by atoms with Gasteiger partial charge in [0.2, 0.25) is 0 Å². The molecule has 0 N–H and O–H groups in total. The van der Waals surface area contributed by atoms with Gasteiger partial charge in [-0.1, -0.05) is 0 Å². The summed E-state index contributed by atoms with van der Waals surface area (Å²) in [5.41, 5.74) is -2.62. The Labute approximate surface area is 229 Å². The molecule has 209 valence electrons. The van der Waals surface area contributed by atoms with E-state index >= 15 is 0 Å². The Balaban J connectivity index is 0.00000481. The number of nitroso groups, excluding NO2 is 1. The van der Waals surface area contributed by atoms with E-state index in [9.17, 15) is 15.1 Å². The van der Waals surface area contributed by atoms with E-state index in [1.807, 2.05) is 37.5 Å². The van der Waals surface area contributed by atoms with E-state index in [-0.39, 0.29) is 47.6 Å². The van der Waals surface area contributed by atoms with Gasteiger partial charge in [-0.15, -0.1) is 4.91 Å². The molecule has 3 heterocycles. The van der Waals surface area contributed by atoms with Gasteiger partial charge < -0.3 is 19.7 Å².